The van der Waals surface area contributed by atoms with Crippen LogP contribution in [0.4, 0.5) is 0 Å². The molecule has 0 amide bonds. The Morgan fingerprint density at radius 3 is 1.30 bits per heavy atom. The van der Waals surface area contributed by atoms with Gasteiger partial charge in [-0.05, 0) is 40.4 Å². The Labute approximate surface area is 280 Å². The average Bonchev–Trinajstić information content (AvgIpc) is 3.06. The van der Waals surface area contributed by atoms with E-state index in [-0.39, 0.29) is 21.7 Å². The van der Waals surface area contributed by atoms with Gasteiger partial charge in [0.1, 0.15) is 0 Å². The summed E-state index contributed by atoms with van der Waals surface area (Å²) >= 11 is -0.106. The maximum absolute atomic E-state index is 13.8. The molecular formula is C38H39Cl2OP2Pd+. The summed E-state index contributed by atoms with van der Waals surface area (Å²) in [5.41, 5.74) is 6.30. The van der Waals surface area contributed by atoms with Gasteiger partial charge in [-0.1, -0.05) is 159 Å². The van der Waals surface area contributed by atoms with Crippen LogP contribution in [0.2, 0.25) is 0 Å². The van der Waals surface area contributed by atoms with Crippen LogP contribution in [0.1, 0.15) is 32.6 Å². The molecule has 0 aromatic heterocycles. The molecule has 0 bridgehead atoms. The van der Waals surface area contributed by atoms with Crippen molar-refractivity contribution in [3.05, 3.63) is 179 Å². The van der Waals surface area contributed by atoms with E-state index >= 15 is 0 Å². The average molecular weight is 751 g/mol. The molecular weight excluding hydrogens is 712 g/mol. The van der Waals surface area contributed by atoms with Gasteiger partial charge in [0, 0.05) is 19.6 Å². The SMILES string of the molecule is O=C(C=P(CC[PH+](Cc1ccccc1)Cc1ccccc1)(Cc1ccccc1)Cc1ccccc1)c1ccccc1.[Cl][Pd][Cl]. The summed E-state index contributed by atoms with van der Waals surface area (Å²) in [6, 6.07) is 53.4. The molecule has 5 aromatic carbocycles. The van der Waals surface area contributed by atoms with Gasteiger partial charge in [-0.3, -0.25) is 4.79 Å². The van der Waals surface area contributed by atoms with Crippen molar-refractivity contribution in [1.29, 1.82) is 0 Å². The Morgan fingerprint density at radius 1 is 0.568 bits per heavy atom. The molecule has 0 fully saturated rings. The Balaban J connectivity index is 0.00000141. The van der Waals surface area contributed by atoms with Crippen LogP contribution in [-0.4, -0.2) is 23.9 Å². The van der Waals surface area contributed by atoms with Crippen LogP contribution in [-0.2, 0) is 40.6 Å². The fourth-order valence-electron chi connectivity index (χ4n) is 5.58. The number of benzene rings is 5. The summed E-state index contributed by atoms with van der Waals surface area (Å²) in [6.45, 7) is -1.87. The van der Waals surface area contributed by atoms with Gasteiger partial charge in [0.2, 0.25) is 0 Å². The third-order valence-corrected chi connectivity index (χ3v) is 14.7. The van der Waals surface area contributed by atoms with Crippen LogP contribution in [0.15, 0.2) is 152 Å². The molecule has 0 spiro atoms. The third-order valence-electron chi connectivity index (χ3n) is 7.63. The molecule has 5 rings (SSSR count). The molecule has 5 aromatic rings. The van der Waals surface area contributed by atoms with Crippen LogP contribution in [0, 0.1) is 0 Å². The molecule has 0 saturated heterocycles. The number of hydrogen-bond donors (Lipinski definition) is 0. The number of carbonyl (C=O) groups is 1. The van der Waals surface area contributed by atoms with E-state index in [1.54, 1.807) is 0 Å². The molecule has 0 radical (unpaired) electrons. The number of Topliss-reactive ketones (excluding diaryl/α,β-unsaturated/α-hetero) is 1. The molecule has 0 aliphatic rings. The van der Waals surface area contributed by atoms with Crippen molar-refractivity contribution in [3.8, 4) is 0 Å². The maximum atomic E-state index is 13.8. The van der Waals surface area contributed by atoms with Gasteiger partial charge >= 0.3 is 35.0 Å². The summed E-state index contributed by atoms with van der Waals surface area (Å²) in [4.78, 5) is 13.8. The molecule has 0 atom stereocenters. The van der Waals surface area contributed by atoms with Crippen molar-refractivity contribution in [3.63, 3.8) is 0 Å². The van der Waals surface area contributed by atoms with Crippen molar-refractivity contribution >= 4 is 45.4 Å². The fraction of sp³-hybridized carbons (Fsp3) is 0.158. The van der Waals surface area contributed by atoms with Crippen LogP contribution >= 0.6 is 33.9 Å². The van der Waals surface area contributed by atoms with Crippen LogP contribution < -0.4 is 0 Å². The monoisotopic (exact) mass is 749 g/mol. The number of hydrogen-bond acceptors (Lipinski definition) is 1. The van der Waals surface area contributed by atoms with Crippen molar-refractivity contribution < 1.29 is 20.7 Å². The van der Waals surface area contributed by atoms with E-state index in [1.807, 2.05) is 30.3 Å². The zero-order chi connectivity index (χ0) is 30.9. The van der Waals surface area contributed by atoms with Gasteiger partial charge in [-0.2, -0.15) is 0 Å². The van der Waals surface area contributed by atoms with E-state index in [2.05, 4.69) is 127 Å². The standard InChI is InChI=1S/C38H38OP2.2ClH.Pd/c39-38(37-24-14-5-15-25-37)32-41(30-35-20-10-3-11-21-35,31-36-22-12-4-13-23-36)27-26-40(28-33-16-6-1-7-17-33)29-34-18-8-2-9-19-34;;;/h1-25,32H,26-31H2;2*1H;/q;;;+2/p-1. The molecule has 0 aliphatic heterocycles. The van der Waals surface area contributed by atoms with Gasteiger partial charge < -0.3 is 0 Å². The summed E-state index contributed by atoms with van der Waals surface area (Å²) < 4.78 is 0. The first-order chi connectivity index (χ1) is 21.6. The Kier molecular flexibility index (Phi) is 15.2. The molecule has 0 N–H and O–H groups in total. The minimum absolute atomic E-state index is 0.106. The van der Waals surface area contributed by atoms with Crippen LogP contribution in [0.3, 0.4) is 0 Å². The second-order valence-electron chi connectivity index (χ2n) is 11.0. The first-order valence-corrected chi connectivity index (χ1v) is 23.3. The predicted octanol–water partition coefficient (Wildman–Crippen LogP) is 11.1. The number of carbonyl (C=O) groups excluding carboxylic acids is 1. The minimum atomic E-state index is -1.87. The van der Waals surface area contributed by atoms with E-state index < -0.39 is 14.8 Å². The van der Waals surface area contributed by atoms with E-state index in [1.165, 1.54) is 28.4 Å². The molecule has 6 heteroatoms. The summed E-state index contributed by atoms with van der Waals surface area (Å²) in [7, 11) is 8.86. The van der Waals surface area contributed by atoms with Crippen molar-refractivity contribution in [2.24, 2.45) is 0 Å². The zero-order valence-corrected chi connectivity index (χ0v) is 29.6. The van der Waals surface area contributed by atoms with Crippen LogP contribution in [0.5, 0.6) is 0 Å². The summed E-state index contributed by atoms with van der Waals surface area (Å²) in [6.07, 6.45) is 6.46. The van der Waals surface area contributed by atoms with E-state index in [9.17, 15) is 4.79 Å². The normalized spacial score (nSPS) is 11.1. The first-order valence-electron chi connectivity index (χ1n) is 14.7. The van der Waals surface area contributed by atoms with Gasteiger partial charge in [-0.25, -0.2) is 0 Å². The molecule has 230 valence electrons. The second-order valence-corrected chi connectivity index (χ2v) is 19.8. The number of halogens is 2. The Bertz CT molecular complexity index is 1480. The second kappa shape index (κ2) is 19.3. The van der Waals surface area contributed by atoms with Crippen molar-refractivity contribution in [2.45, 2.75) is 24.6 Å². The molecule has 0 heterocycles. The predicted molar refractivity (Wildman–Crippen MR) is 194 cm³/mol. The quantitative estimate of drug-likeness (QED) is 0.0665. The first kappa shape index (κ1) is 34.6. The third kappa shape index (κ3) is 11.9. The van der Waals surface area contributed by atoms with E-state index in [0.29, 0.717) is 0 Å². The van der Waals surface area contributed by atoms with Crippen molar-refractivity contribution in [2.75, 3.05) is 12.3 Å². The Morgan fingerprint density at radius 2 is 0.909 bits per heavy atom. The molecule has 1 nitrogen and oxygen atoms in total. The number of ketones is 1. The van der Waals surface area contributed by atoms with Gasteiger partial charge in [0.25, 0.3) is 0 Å². The van der Waals surface area contributed by atoms with Crippen LogP contribution in [0.25, 0.3) is 0 Å². The molecule has 0 aliphatic carbocycles. The Hall–Kier alpha value is -2.26. The number of rotatable bonds is 13. The summed E-state index contributed by atoms with van der Waals surface area (Å²) in [5, 5.41) is 0. The van der Waals surface area contributed by atoms with Gasteiger partial charge in [-0.15, -0.1) is 0 Å². The summed E-state index contributed by atoms with van der Waals surface area (Å²) in [5.74, 6) is 2.36. The topological polar surface area (TPSA) is 17.1 Å². The zero-order valence-electron chi connectivity index (χ0n) is 24.7. The van der Waals surface area contributed by atoms with E-state index in [4.69, 9.17) is 19.1 Å². The molecule has 0 unspecified atom stereocenters. The molecule has 44 heavy (non-hydrogen) atoms. The fourth-order valence-corrected chi connectivity index (χ4v) is 14.0. The van der Waals surface area contributed by atoms with Gasteiger partial charge in [0.05, 0.1) is 18.5 Å². The van der Waals surface area contributed by atoms with E-state index in [0.717, 1.165) is 36.4 Å². The molecule has 0 saturated carbocycles. The van der Waals surface area contributed by atoms with Gasteiger partial charge in [0.15, 0.2) is 5.78 Å². The van der Waals surface area contributed by atoms with Crippen molar-refractivity contribution in [1.82, 2.24) is 0 Å².